The summed E-state index contributed by atoms with van der Waals surface area (Å²) in [6.45, 7) is 49.2. The van der Waals surface area contributed by atoms with E-state index < -0.39 is 0 Å². The third-order valence-electron chi connectivity index (χ3n) is 5.88. The van der Waals surface area contributed by atoms with E-state index in [4.69, 9.17) is 18.9 Å². The minimum absolute atomic E-state index is 0.844. The van der Waals surface area contributed by atoms with E-state index in [0.717, 1.165) is 52.9 Å². The highest BCUT2D eigenvalue weighted by molar-refractivity contribution is 4.26. The Balaban J connectivity index is -0.0000000444. The Morgan fingerprint density at radius 2 is 0.240 bits per heavy atom. The second-order valence-corrected chi connectivity index (χ2v) is 11.2. The molecule has 0 aromatic heterocycles. The van der Waals surface area contributed by atoms with Crippen LogP contribution in [-0.2, 0) is 18.9 Å². The summed E-state index contributed by atoms with van der Waals surface area (Å²) >= 11 is 0. The van der Waals surface area contributed by atoms with Crippen LogP contribution in [0.1, 0.15) is 254 Å². The van der Waals surface area contributed by atoms with Crippen molar-refractivity contribution >= 4 is 0 Å². The van der Waals surface area contributed by atoms with Gasteiger partial charge in [0.25, 0.3) is 0 Å². The summed E-state index contributed by atoms with van der Waals surface area (Å²) in [6, 6.07) is 0. The molecule has 0 atom stereocenters. The molecule has 0 saturated carbocycles. The fourth-order valence-corrected chi connectivity index (χ4v) is 2.94. The van der Waals surface area contributed by atoms with Gasteiger partial charge in [0, 0.05) is 52.9 Å². The Bertz CT molecular complexity index is 195. The first-order valence-corrected chi connectivity index (χ1v) is 22.5. The highest BCUT2D eigenvalue weighted by Gasteiger charge is 1.71. The molecule has 0 aromatic carbocycles. The molecule has 4 nitrogen and oxygen atoms in total. The van der Waals surface area contributed by atoms with Crippen LogP contribution in [-0.4, -0.2) is 52.9 Å². The first-order chi connectivity index (χ1) is 24.1. The van der Waals surface area contributed by atoms with E-state index in [-0.39, 0.29) is 0 Å². The summed E-state index contributed by atoms with van der Waals surface area (Å²) in [5.41, 5.74) is 0. The molecule has 0 aliphatic carbocycles. The maximum absolute atomic E-state index is 4.83. The molecule has 0 aliphatic rings. The third-order valence-corrected chi connectivity index (χ3v) is 5.88. The zero-order valence-corrected chi connectivity index (χ0v) is 40.0. The lowest BCUT2D eigenvalue weighted by molar-refractivity contribution is 0.162. The van der Waals surface area contributed by atoms with Crippen molar-refractivity contribution < 1.29 is 18.9 Å². The van der Waals surface area contributed by atoms with E-state index in [2.05, 4.69) is 83.1 Å². The zero-order chi connectivity index (χ0) is 41.2. The summed E-state index contributed by atoms with van der Waals surface area (Å²) in [6.07, 6.45) is 24.5. The van der Waals surface area contributed by atoms with Gasteiger partial charge in [-0.15, -0.1) is 0 Å². The highest BCUT2D eigenvalue weighted by Crippen LogP contribution is 1.90. The van der Waals surface area contributed by atoms with Crippen LogP contribution in [0.5, 0.6) is 0 Å². The summed E-state index contributed by atoms with van der Waals surface area (Å²) in [4.78, 5) is 0. The van der Waals surface area contributed by atoms with Gasteiger partial charge in [-0.05, 0) is 55.4 Å². The van der Waals surface area contributed by atoms with Gasteiger partial charge in [0.1, 0.15) is 0 Å². The smallest absolute Gasteiger partial charge is 0.0437 e. The molecule has 0 aliphatic heterocycles. The number of hydrogen-bond donors (Lipinski definition) is 0. The SMILES string of the molecule is CCCCC.CCCCC.CCCCC.CCCCC.CCCCC.CCCCC.CCOCC.CCOCC.CCOCC.CCOCC. The van der Waals surface area contributed by atoms with E-state index in [1.54, 1.807) is 0 Å². The monoisotopic (exact) mass is 729 g/mol. The van der Waals surface area contributed by atoms with Gasteiger partial charge in [-0.25, -0.2) is 0 Å². The predicted octanol–water partition coefficient (Wildman–Crippen LogP) is 17.4. The standard InChI is InChI=1S/6C5H12.4C4H10O/c10*1-3-5-4-2/h6*3-5H2,1-2H3;4*3-4H2,1-2H3. The van der Waals surface area contributed by atoms with Crippen LogP contribution >= 0.6 is 0 Å². The maximum atomic E-state index is 4.83. The minimum atomic E-state index is 0.844. The Kier molecular flexibility index (Phi) is 188. The fraction of sp³-hybridized carbons (Fsp3) is 1.00. The van der Waals surface area contributed by atoms with Crippen molar-refractivity contribution in [1.82, 2.24) is 0 Å². The van der Waals surface area contributed by atoms with Crippen LogP contribution in [0.4, 0.5) is 0 Å². The largest absolute Gasteiger partial charge is 0.382 e. The number of ether oxygens (including phenoxy) is 4. The van der Waals surface area contributed by atoms with E-state index >= 15 is 0 Å². The average Bonchev–Trinajstić information content (AvgIpc) is 3.11. The molecular weight excluding hydrogens is 617 g/mol. The molecular formula is C46H112O4. The van der Waals surface area contributed by atoms with Crippen LogP contribution in [0, 0.1) is 0 Å². The van der Waals surface area contributed by atoms with Gasteiger partial charge in [0.2, 0.25) is 0 Å². The van der Waals surface area contributed by atoms with E-state index in [1.807, 2.05) is 55.4 Å². The van der Waals surface area contributed by atoms with Crippen molar-refractivity contribution in [2.75, 3.05) is 52.9 Å². The minimum Gasteiger partial charge on any atom is -0.382 e. The lowest BCUT2D eigenvalue weighted by atomic mass is 10.3. The Hall–Kier alpha value is -0.160. The second-order valence-electron chi connectivity index (χ2n) is 11.2. The van der Waals surface area contributed by atoms with Crippen molar-refractivity contribution in [3.8, 4) is 0 Å². The molecule has 0 bridgehead atoms. The van der Waals surface area contributed by atoms with Crippen molar-refractivity contribution in [2.24, 2.45) is 0 Å². The van der Waals surface area contributed by atoms with Gasteiger partial charge >= 0.3 is 0 Å². The first-order valence-electron chi connectivity index (χ1n) is 22.5. The molecule has 0 fully saturated rings. The lowest BCUT2D eigenvalue weighted by Crippen LogP contribution is -1.84. The average molecular weight is 729 g/mol. The molecule has 0 rings (SSSR count). The van der Waals surface area contributed by atoms with Crippen LogP contribution < -0.4 is 0 Å². The molecule has 0 heterocycles. The molecule has 0 amide bonds. The van der Waals surface area contributed by atoms with Gasteiger partial charge in [0.15, 0.2) is 0 Å². The second kappa shape index (κ2) is 126. The van der Waals surface area contributed by atoms with Crippen molar-refractivity contribution in [3.05, 3.63) is 0 Å². The van der Waals surface area contributed by atoms with E-state index in [0.29, 0.717) is 0 Å². The van der Waals surface area contributed by atoms with Crippen LogP contribution in [0.3, 0.4) is 0 Å². The summed E-state index contributed by atoms with van der Waals surface area (Å²) in [5.74, 6) is 0. The van der Waals surface area contributed by atoms with Gasteiger partial charge in [-0.2, -0.15) is 0 Å². The van der Waals surface area contributed by atoms with Gasteiger partial charge < -0.3 is 18.9 Å². The Morgan fingerprint density at radius 3 is 0.240 bits per heavy atom. The summed E-state index contributed by atoms with van der Waals surface area (Å²) < 4.78 is 19.3. The summed E-state index contributed by atoms with van der Waals surface area (Å²) in [7, 11) is 0. The molecule has 0 saturated heterocycles. The van der Waals surface area contributed by atoms with Gasteiger partial charge in [-0.1, -0.05) is 199 Å². The maximum Gasteiger partial charge on any atom is 0.0437 e. The van der Waals surface area contributed by atoms with Crippen LogP contribution in [0.2, 0.25) is 0 Å². The third kappa shape index (κ3) is 267. The molecule has 0 radical (unpaired) electrons. The molecule has 0 unspecified atom stereocenters. The van der Waals surface area contributed by atoms with Gasteiger partial charge in [-0.3, -0.25) is 0 Å². The number of hydrogen-bond acceptors (Lipinski definition) is 4. The van der Waals surface area contributed by atoms with Crippen molar-refractivity contribution in [2.45, 2.75) is 254 Å². The molecule has 320 valence electrons. The molecule has 0 aromatic rings. The molecule has 50 heavy (non-hydrogen) atoms. The van der Waals surface area contributed by atoms with Crippen molar-refractivity contribution in [3.63, 3.8) is 0 Å². The lowest BCUT2D eigenvalue weighted by Gasteiger charge is -1.86. The topological polar surface area (TPSA) is 36.9 Å². The normalized spacial score (nSPS) is 8.40. The number of rotatable bonds is 20. The first kappa shape index (κ1) is 74.9. The Morgan fingerprint density at radius 1 is 0.160 bits per heavy atom. The molecule has 4 heteroatoms. The zero-order valence-electron chi connectivity index (χ0n) is 40.0. The quantitative estimate of drug-likeness (QED) is 0.125. The van der Waals surface area contributed by atoms with Crippen LogP contribution in [0.15, 0.2) is 0 Å². The predicted molar refractivity (Wildman–Crippen MR) is 240 cm³/mol. The van der Waals surface area contributed by atoms with Crippen molar-refractivity contribution in [1.29, 1.82) is 0 Å². The van der Waals surface area contributed by atoms with E-state index in [9.17, 15) is 0 Å². The van der Waals surface area contributed by atoms with Gasteiger partial charge in [0.05, 0.1) is 0 Å². The Labute approximate surface area is 325 Å². The molecule has 0 spiro atoms. The van der Waals surface area contributed by atoms with E-state index in [1.165, 1.54) is 116 Å². The highest BCUT2D eigenvalue weighted by atomic mass is 16.5. The summed E-state index contributed by atoms with van der Waals surface area (Å²) in [5, 5.41) is 0. The molecule has 0 N–H and O–H groups in total. The van der Waals surface area contributed by atoms with Crippen LogP contribution in [0.25, 0.3) is 0 Å². The fourth-order valence-electron chi connectivity index (χ4n) is 2.94. The number of unbranched alkanes of at least 4 members (excludes halogenated alkanes) is 12.